The van der Waals surface area contributed by atoms with Gasteiger partial charge in [-0.2, -0.15) is 0 Å². The highest BCUT2D eigenvalue weighted by Gasteiger charge is 2.60. The van der Waals surface area contributed by atoms with E-state index in [0.717, 1.165) is 32.1 Å². The fourth-order valence-electron chi connectivity index (χ4n) is 4.99. The van der Waals surface area contributed by atoms with Crippen molar-refractivity contribution < 1.29 is 14.7 Å². The lowest BCUT2D eigenvalue weighted by atomic mass is 9.84. The van der Waals surface area contributed by atoms with E-state index in [9.17, 15) is 14.7 Å². The summed E-state index contributed by atoms with van der Waals surface area (Å²) >= 11 is 0. The minimum atomic E-state index is -0.0984. The van der Waals surface area contributed by atoms with Gasteiger partial charge in [0.05, 0.1) is 11.8 Å². The van der Waals surface area contributed by atoms with E-state index in [-0.39, 0.29) is 54.1 Å². The molecule has 4 rings (SSSR count). The van der Waals surface area contributed by atoms with Gasteiger partial charge in [-0.1, -0.05) is 25.0 Å². The molecule has 0 aromatic rings. The number of carbonyl (C=O) groups excluding carboxylic acids is 2. The van der Waals surface area contributed by atoms with Gasteiger partial charge in [-0.15, -0.1) is 0 Å². The number of hydrogen-bond acceptors (Lipinski definition) is 3. The summed E-state index contributed by atoms with van der Waals surface area (Å²) in [7, 11) is 0. The number of likely N-dealkylation sites (tertiary alicyclic amines) is 1. The number of allylic oxidation sites excluding steroid dienone is 2. The van der Waals surface area contributed by atoms with E-state index >= 15 is 0 Å². The van der Waals surface area contributed by atoms with Crippen LogP contribution in [0.1, 0.15) is 32.1 Å². The number of hydrogen-bond donors (Lipinski definition) is 1. The third-order valence-corrected chi connectivity index (χ3v) is 5.94. The molecule has 3 aliphatic carbocycles. The number of rotatable bonds is 2. The summed E-state index contributed by atoms with van der Waals surface area (Å²) in [5, 5.41) is 9.55. The van der Waals surface area contributed by atoms with Crippen molar-refractivity contribution in [3.05, 3.63) is 12.2 Å². The first-order valence-corrected chi connectivity index (χ1v) is 7.88. The van der Waals surface area contributed by atoms with Crippen LogP contribution in [0.4, 0.5) is 0 Å². The highest BCUT2D eigenvalue weighted by atomic mass is 16.3. The zero-order valence-corrected chi connectivity index (χ0v) is 11.6. The Morgan fingerprint density at radius 3 is 2.25 bits per heavy atom. The number of aliphatic hydroxyl groups is 1. The molecular formula is C16H21NO3. The Morgan fingerprint density at radius 1 is 1.05 bits per heavy atom. The second-order valence-electron chi connectivity index (χ2n) is 6.84. The van der Waals surface area contributed by atoms with Crippen LogP contribution in [-0.4, -0.2) is 34.5 Å². The molecule has 4 aliphatic rings. The number of amides is 2. The number of imide groups is 1. The second-order valence-corrected chi connectivity index (χ2v) is 6.84. The Hall–Kier alpha value is -1.16. The highest BCUT2D eigenvalue weighted by molar-refractivity contribution is 6.06. The quantitative estimate of drug-likeness (QED) is 0.611. The summed E-state index contributed by atoms with van der Waals surface area (Å²) in [6, 6.07) is -0.0567. The zero-order valence-electron chi connectivity index (χ0n) is 11.6. The molecule has 2 bridgehead atoms. The molecule has 3 fully saturated rings. The largest absolute Gasteiger partial charge is 0.396 e. The monoisotopic (exact) mass is 275 g/mol. The first kappa shape index (κ1) is 12.6. The Balaban J connectivity index is 1.64. The maximum Gasteiger partial charge on any atom is 0.233 e. The molecule has 2 amide bonds. The van der Waals surface area contributed by atoms with Crippen molar-refractivity contribution in [3.8, 4) is 0 Å². The van der Waals surface area contributed by atoms with Crippen LogP contribution in [0.15, 0.2) is 12.2 Å². The van der Waals surface area contributed by atoms with E-state index in [1.807, 2.05) is 0 Å². The first-order chi connectivity index (χ1) is 9.72. The van der Waals surface area contributed by atoms with Gasteiger partial charge >= 0.3 is 0 Å². The molecule has 1 N–H and O–H groups in total. The van der Waals surface area contributed by atoms with Gasteiger partial charge in [0.1, 0.15) is 0 Å². The molecular weight excluding hydrogens is 254 g/mol. The lowest BCUT2D eigenvalue weighted by Gasteiger charge is -2.36. The lowest BCUT2D eigenvalue weighted by molar-refractivity contribution is -0.146. The van der Waals surface area contributed by atoms with E-state index in [1.54, 1.807) is 4.90 Å². The summed E-state index contributed by atoms with van der Waals surface area (Å²) in [5.74, 6) is 0.535. The van der Waals surface area contributed by atoms with Crippen molar-refractivity contribution in [2.24, 2.45) is 29.6 Å². The van der Waals surface area contributed by atoms with Gasteiger partial charge < -0.3 is 5.11 Å². The molecule has 20 heavy (non-hydrogen) atoms. The smallest absolute Gasteiger partial charge is 0.233 e. The minimum absolute atomic E-state index is 0.0437. The van der Waals surface area contributed by atoms with Gasteiger partial charge in [-0.3, -0.25) is 14.5 Å². The van der Waals surface area contributed by atoms with Crippen molar-refractivity contribution in [1.29, 1.82) is 0 Å². The average Bonchev–Trinajstić information content (AvgIpc) is 3.13. The predicted molar refractivity (Wildman–Crippen MR) is 72.4 cm³/mol. The Kier molecular flexibility index (Phi) is 2.78. The molecule has 4 heteroatoms. The third-order valence-electron chi connectivity index (χ3n) is 5.94. The zero-order chi connectivity index (χ0) is 13.9. The number of nitrogens with zero attached hydrogens (tertiary/aromatic N) is 1. The Labute approximate surface area is 118 Å². The van der Waals surface area contributed by atoms with Crippen LogP contribution >= 0.6 is 0 Å². The van der Waals surface area contributed by atoms with Crippen LogP contribution in [0.3, 0.4) is 0 Å². The fraction of sp³-hybridized carbons (Fsp3) is 0.750. The van der Waals surface area contributed by atoms with Crippen molar-refractivity contribution in [1.82, 2.24) is 4.90 Å². The molecule has 0 aromatic carbocycles. The van der Waals surface area contributed by atoms with Crippen LogP contribution in [0, 0.1) is 29.6 Å². The lowest BCUT2D eigenvalue weighted by Crippen LogP contribution is -2.48. The SMILES string of the molecule is O=C1C2C3C=CC(C3)C2C(=O)N1C1CCCCC1CO. The normalized spacial score (nSPS) is 46.4. The van der Waals surface area contributed by atoms with E-state index < -0.39 is 0 Å². The number of aliphatic hydroxyl groups excluding tert-OH is 1. The molecule has 0 aromatic heterocycles. The molecule has 2 saturated carbocycles. The van der Waals surface area contributed by atoms with Gasteiger partial charge in [-0.25, -0.2) is 0 Å². The van der Waals surface area contributed by atoms with Gasteiger partial charge in [0.15, 0.2) is 0 Å². The van der Waals surface area contributed by atoms with Crippen LogP contribution in [0.5, 0.6) is 0 Å². The molecule has 6 atom stereocenters. The maximum absolute atomic E-state index is 12.7. The molecule has 4 nitrogen and oxygen atoms in total. The number of fused-ring (bicyclic) bond motifs is 5. The van der Waals surface area contributed by atoms with E-state index in [0.29, 0.717) is 0 Å². The van der Waals surface area contributed by atoms with Gasteiger partial charge in [0.25, 0.3) is 0 Å². The van der Waals surface area contributed by atoms with Crippen LogP contribution < -0.4 is 0 Å². The Bertz CT molecular complexity index is 456. The summed E-state index contributed by atoms with van der Waals surface area (Å²) in [4.78, 5) is 27.0. The minimum Gasteiger partial charge on any atom is -0.396 e. The topological polar surface area (TPSA) is 57.6 Å². The van der Waals surface area contributed by atoms with Gasteiger partial charge in [0, 0.05) is 18.6 Å². The fourth-order valence-corrected chi connectivity index (χ4v) is 4.99. The molecule has 1 heterocycles. The van der Waals surface area contributed by atoms with Crippen molar-refractivity contribution in [2.45, 2.75) is 38.1 Å². The van der Waals surface area contributed by atoms with Crippen molar-refractivity contribution in [2.75, 3.05) is 6.61 Å². The molecule has 6 unspecified atom stereocenters. The number of carbonyl (C=O) groups is 2. The highest BCUT2D eigenvalue weighted by Crippen LogP contribution is 2.53. The van der Waals surface area contributed by atoms with E-state index in [4.69, 9.17) is 0 Å². The Morgan fingerprint density at radius 2 is 1.65 bits per heavy atom. The molecule has 0 radical (unpaired) electrons. The van der Waals surface area contributed by atoms with E-state index in [1.165, 1.54) is 0 Å². The summed E-state index contributed by atoms with van der Waals surface area (Å²) < 4.78 is 0. The second kappa shape index (κ2) is 4.42. The summed E-state index contributed by atoms with van der Waals surface area (Å²) in [6.45, 7) is 0.0855. The van der Waals surface area contributed by atoms with E-state index in [2.05, 4.69) is 12.2 Å². The molecule has 1 saturated heterocycles. The first-order valence-electron chi connectivity index (χ1n) is 7.88. The summed E-state index contributed by atoms with van der Waals surface area (Å²) in [6.07, 6.45) is 9.18. The standard InChI is InChI=1S/C16H21NO3/c18-8-11-3-1-2-4-12(11)17-15(19)13-9-5-6-10(7-9)14(13)16(17)20/h5-6,9-14,18H,1-4,7-8H2. The predicted octanol–water partition coefficient (Wildman–Crippen LogP) is 1.34. The summed E-state index contributed by atoms with van der Waals surface area (Å²) in [5.41, 5.74) is 0. The average molecular weight is 275 g/mol. The molecule has 0 spiro atoms. The van der Waals surface area contributed by atoms with Crippen molar-refractivity contribution >= 4 is 11.8 Å². The molecule has 108 valence electrons. The van der Waals surface area contributed by atoms with Gasteiger partial charge in [0.2, 0.25) is 11.8 Å². The van der Waals surface area contributed by atoms with Crippen LogP contribution in [0.2, 0.25) is 0 Å². The third kappa shape index (κ3) is 1.51. The maximum atomic E-state index is 12.7. The van der Waals surface area contributed by atoms with Gasteiger partial charge in [-0.05, 0) is 31.1 Å². The molecule has 1 aliphatic heterocycles. The van der Waals surface area contributed by atoms with Crippen molar-refractivity contribution in [3.63, 3.8) is 0 Å². The van der Waals surface area contributed by atoms with Crippen LogP contribution in [0.25, 0.3) is 0 Å². The van der Waals surface area contributed by atoms with Crippen LogP contribution in [-0.2, 0) is 9.59 Å².